The lowest BCUT2D eigenvalue weighted by Crippen LogP contribution is -2.34. The van der Waals surface area contributed by atoms with Gasteiger partial charge in [-0.3, -0.25) is 9.69 Å². The van der Waals surface area contributed by atoms with Gasteiger partial charge in [0.05, 0.1) is 18.3 Å². The molecule has 0 bridgehead atoms. The first-order valence-electron chi connectivity index (χ1n) is 9.59. The molecule has 2 aromatic rings. The Morgan fingerprint density at radius 1 is 1.15 bits per heavy atom. The van der Waals surface area contributed by atoms with Crippen molar-refractivity contribution in [2.24, 2.45) is 11.8 Å². The summed E-state index contributed by atoms with van der Waals surface area (Å²) in [6.07, 6.45) is 3.61. The van der Waals surface area contributed by atoms with Crippen LogP contribution in [0, 0.1) is 18.8 Å². The Kier molecular flexibility index (Phi) is 4.74. The first-order chi connectivity index (χ1) is 12.9. The molecule has 1 aromatic heterocycles. The van der Waals surface area contributed by atoms with Crippen molar-refractivity contribution in [3.63, 3.8) is 0 Å². The first-order valence-corrected chi connectivity index (χ1v) is 9.59. The standard InChI is InChI=1S/C22H26N2O3/c1-15-2-4-16(5-3-15)8-22(27)9-17-12-24(13-18(17)10-22)14-21(26)20-7-6-19(25)11-23-20/h2-7,11,17-18,25,27H,8-10,12-14H2,1H3/t17-,18?,22?/m1/s1. The number of aryl methyl sites for hydroxylation is 1. The van der Waals surface area contributed by atoms with Gasteiger partial charge in [-0.15, -0.1) is 0 Å². The number of pyridine rings is 1. The van der Waals surface area contributed by atoms with E-state index in [0.717, 1.165) is 25.9 Å². The molecule has 2 heterocycles. The van der Waals surface area contributed by atoms with Crippen LogP contribution in [0.1, 0.15) is 34.5 Å². The molecule has 5 heteroatoms. The highest BCUT2D eigenvalue weighted by Gasteiger charge is 2.48. The summed E-state index contributed by atoms with van der Waals surface area (Å²) in [6, 6.07) is 11.5. The van der Waals surface area contributed by atoms with Crippen molar-refractivity contribution in [1.82, 2.24) is 9.88 Å². The molecule has 2 unspecified atom stereocenters. The molecular weight excluding hydrogens is 340 g/mol. The summed E-state index contributed by atoms with van der Waals surface area (Å²) in [4.78, 5) is 18.6. The Balaban J connectivity index is 1.33. The maximum Gasteiger partial charge on any atom is 0.195 e. The van der Waals surface area contributed by atoms with Crippen LogP contribution in [-0.4, -0.2) is 51.1 Å². The van der Waals surface area contributed by atoms with Crippen molar-refractivity contribution in [2.75, 3.05) is 19.6 Å². The van der Waals surface area contributed by atoms with Gasteiger partial charge in [0.15, 0.2) is 5.78 Å². The Morgan fingerprint density at radius 2 is 1.81 bits per heavy atom. The summed E-state index contributed by atoms with van der Waals surface area (Å²) in [6.45, 7) is 4.12. The van der Waals surface area contributed by atoms with E-state index in [-0.39, 0.29) is 11.5 Å². The highest BCUT2D eigenvalue weighted by atomic mass is 16.3. The van der Waals surface area contributed by atoms with Gasteiger partial charge in [-0.05, 0) is 49.3 Å². The van der Waals surface area contributed by atoms with Crippen molar-refractivity contribution < 1.29 is 15.0 Å². The summed E-state index contributed by atoms with van der Waals surface area (Å²) >= 11 is 0. The number of aliphatic hydroxyl groups is 1. The minimum absolute atomic E-state index is 0.0232. The summed E-state index contributed by atoms with van der Waals surface area (Å²) in [5.74, 6) is 0.932. The molecule has 0 amide bonds. The number of likely N-dealkylation sites (tertiary alicyclic amines) is 1. The highest BCUT2D eigenvalue weighted by Crippen LogP contribution is 2.45. The van der Waals surface area contributed by atoms with E-state index in [4.69, 9.17) is 0 Å². The lowest BCUT2D eigenvalue weighted by atomic mass is 9.91. The van der Waals surface area contributed by atoms with Crippen molar-refractivity contribution in [3.8, 4) is 5.75 Å². The molecule has 5 nitrogen and oxygen atoms in total. The number of hydrogen-bond donors (Lipinski definition) is 2. The molecule has 1 aliphatic carbocycles. The van der Waals surface area contributed by atoms with Crippen LogP contribution in [0.4, 0.5) is 0 Å². The predicted octanol–water partition coefficient (Wildman–Crippen LogP) is 2.59. The molecular formula is C22H26N2O3. The highest BCUT2D eigenvalue weighted by molar-refractivity contribution is 5.95. The normalized spacial score (nSPS) is 27.6. The number of carbonyl (C=O) groups is 1. The zero-order valence-electron chi connectivity index (χ0n) is 15.6. The van der Waals surface area contributed by atoms with E-state index in [1.807, 2.05) is 0 Å². The van der Waals surface area contributed by atoms with E-state index in [2.05, 4.69) is 41.1 Å². The summed E-state index contributed by atoms with van der Waals surface area (Å²) in [5.41, 5.74) is 2.19. The van der Waals surface area contributed by atoms with Crippen LogP contribution < -0.4 is 0 Å². The average molecular weight is 366 g/mol. The Bertz CT molecular complexity index is 802. The van der Waals surface area contributed by atoms with Gasteiger partial charge in [0.25, 0.3) is 0 Å². The minimum atomic E-state index is -0.626. The molecule has 27 heavy (non-hydrogen) atoms. The third-order valence-corrected chi connectivity index (χ3v) is 5.99. The number of fused-ring (bicyclic) bond motifs is 1. The van der Waals surface area contributed by atoms with Crippen LogP contribution in [0.5, 0.6) is 5.75 Å². The molecule has 2 aliphatic rings. The largest absolute Gasteiger partial charge is 0.506 e. The van der Waals surface area contributed by atoms with Gasteiger partial charge in [0.2, 0.25) is 0 Å². The van der Waals surface area contributed by atoms with Gasteiger partial charge < -0.3 is 10.2 Å². The van der Waals surface area contributed by atoms with Crippen molar-refractivity contribution in [3.05, 3.63) is 59.4 Å². The zero-order chi connectivity index (χ0) is 19.0. The van der Waals surface area contributed by atoms with Crippen LogP contribution >= 0.6 is 0 Å². The molecule has 2 N–H and O–H groups in total. The molecule has 3 atom stereocenters. The van der Waals surface area contributed by atoms with E-state index < -0.39 is 5.60 Å². The van der Waals surface area contributed by atoms with Gasteiger partial charge in [-0.1, -0.05) is 29.8 Å². The average Bonchev–Trinajstić information content (AvgIpc) is 3.11. The number of nitrogens with zero attached hydrogens (tertiary/aromatic N) is 2. The maximum absolute atomic E-state index is 12.4. The van der Waals surface area contributed by atoms with E-state index in [9.17, 15) is 15.0 Å². The molecule has 0 radical (unpaired) electrons. The third-order valence-electron chi connectivity index (χ3n) is 5.99. The third kappa shape index (κ3) is 4.04. The number of ketones is 1. The van der Waals surface area contributed by atoms with Crippen LogP contribution in [0.3, 0.4) is 0 Å². The Hall–Kier alpha value is -2.24. The second-order valence-corrected chi connectivity index (χ2v) is 8.33. The minimum Gasteiger partial charge on any atom is -0.506 e. The van der Waals surface area contributed by atoms with Crippen LogP contribution in [0.25, 0.3) is 0 Å². The van der Waals surface area contributed by atoms with Crippen LogP contribution in [0.2, 0.25) is 0 Å². The predicted molar refractivity (Wildman–Crippen MR) is 103 cm³/mol. The zero-order valence-corrected chi connectivity index (χ0v) is 15.6. The Morgan fingerprint density at radius 3 is 2.41 bits per heavy atom. The van der Waals surface area contributed by atoms with E-state index >= 15 is 0 Å². The van der Waals surface area contributed by atoms with E-state index in [1.165, 1.54) is 23.4 Å². The van der Waals surface area contributed by atoms with Gasteiger partial charge in [-0.2, -0.15) is 0 Å². The second kappa shape index (κ2) is 7.06. The van der Waals surface area contributed by atoms with Gasteiger partial charge in [-0.25, -0.2) is 4.98 Å². The lowest BCUT2D eigenvalue weighted by molar-refractivity contribution is 0.0355. The fourth-order valence-electron chi connectivity index (χ4n) is 4.75. The first kappa shape index (κ1) is 18.1. The number of carbonyl (C=O) groups excluding carboxylic acids is 1. The number of aromatic hydroxyl groups is 1. The maximum atomic E-state index is 12.4. The summed E-state index contributed by atoms with van der Waals surface area (Å²) < 4.78 is 0. The van der Waals surface area contributed by atoms with Crippen molar-refractivity contribution in [2.45, 2.75) is 31.8 Å². The molecule has 2 fully saturated rings. The number of rotatable bonds is 5. The molecule has 1 saturated carbocycles. The molecule has 0 spiro atoms. The lowest BCUT2D eigenvalue weighted by Gasteiger charge is -2.26. The second-order valence-electron chi connectivity index (χ2n) is 8.33. The molecule has 4 rings (SSSR count). The monoisotopic (exact) mass is 366 g/mol. The van der Waals surface area contributed by atoms with E-state index in [1.54, 1.807) is 6.07 Å². The quantitative estimate of drug-likeness (QED) is 0.796. The Labute approximate surface area is 159 Å². The van der Waals surface area contributed by atoms with Crippen molar-refractivity contribution >= 4 is 5.78 Å². The topological polar surface area (TPSA) is 73.7 Å². The fourth-order valence-corrected chi connectivity index (χ4v) is 4.75. The molecule has 1 aromatic carbocycles. The van der Waals surface area contributed by atoms with E-state index in [0.29, 0.717) is 30.5 Å². The fraction of sp³-hybridized carbons (Fsp3) is 0.455. The number of aromatic nitrogens is 1. The summed E-state index contributed by atoms with van der Waals surface area (Å²) in [7, 11) is 0. The molecule has 1 saturated heterocycles. The number of Topliss-reactive ketones (excluding diaryl/α,β-unsaturated/α-hetero) is 1. The smallest absolute Gasteiger partial charge is 0.195 e. The molecule has 1 aliphatic heterocycles. The number of hydrogen-bond acceptors (Lipinski definition) is 5. The number of benzene rings is 1. The van der Waals surface area contributed by atoms with Gasteiger partial charge >= 0.3 is 0 Å². The summed E-state index contributed by atoms with van der Waals surface area (Å²) in [5, 5.41) is 20.4. The molecule has 142 valence electrons. The van der Waals surface area contributed by atoms with Crippen LogP contribution in [0.15, 0.2) is 42.6 Å². The van der Waals surface area contributed by atoms with Gasteiger partial charge in [0, 0.05) is 19.5 Å². The van der Waals surface area contributed by atoms with Gasteiger partial charge in [0.1, 0.15) is 11.4 Å². The van der Waals surface area contributed by atoms with Crippen LogP contribution in [-0.2, 0) is 6.42 Å². The SMILES string of the molecule is Cc1ccc(CC2(O)CC3CN(CC(=O)c4ccc(O)cn4)C[C@H]3C2)cc1. The van der Waals surface area contributed by atoms with Crippen molar-refractivity contribution in [1.29, 1.82) is 0 Å².